The van der Waals surface area contributed by atoms with Gasteiger partial charge in [-0.15, -0.1) is 0 Å². The monoisotopic (exact) mass is 276 g/mol. The third-order valence-corrected chi connectivity index (χ3v) is 4.32. The van der Waals surface area contributed by atoms with E-state index < -0.39 is 0 Å². The van der Waals surface area contributed by atoms with Crippen LogP contribution in [-0.4, -0.2) is 30.8 Å². The molecule has 1 aliphatic carbocycles. The molecule has 1 aromatic carbocycles. The van der Waals surface area contributed by atoms with Crippen molar-refractivity contribution in [2.75, 3.05) is 14.1 Å². The molecule has 0 heterocycles. The number of hydrogen-bond acceptors (Lipinski definition) is 3. The Morgan fingerprint density at radius 1 is 1.37 bits per heavy atom. The minimum atomic E-state index is -0.382. The van der Waals surface area contributed by atoms with Gasteiger partial charge in [0.05, 0.1) is 6.04 Å². The number of Topliss-reactive ketones (excluding diaryl/α,β-unsaturated/α-hetero) is 1. The van der Waals surface area contributed by atoms with E-state index in [0.29, 0.717) is 5.02 Å². The van der Waals surface area contributed by atoms with Crippen molar-refractivity contribution in [3.63, 3.8) is 0 Å². The number of nitrogens with zero attached hydrogens (tertiary/aromatic N) is 2. The SMILES string of the molecule is CN(C)C(C(=O)C#N)C1(c2ccc(Cl)cc2)CCC1. The van der Waals surface area contributed by atoms with E-state index >= 15 is 0 Å². The second-order valence-electron chi connectivity index (χ2n) is 5.36. The van der Waals surface area contributed by atoms with Gasteiger partial charge in [-0.05, 0) is 44.6 Å². The van der Waals surface area contributed by atoms with Gasteiger partial charge in [-0.25, -0.2) is 0 Å². The van der Waals surface area contributed by atoms with E-state index in [2.05, 4.69) is 0 Å². The summed E-state index contributed by atoms with van der Waals surface area (Å²) in [4.78, 5) is 13.9. The van der Waals surface area contributed by atoms with Crippen molar-refractivity contribution in [1.82, 2.24) is 4.90 Å². The molecule has 1 aliphatic rings. The van der Waals surface area contributed by atoms with E-state index in [0.717, 1.165) is 24.8 Å². The van der Waals surface area contributed by atoms with Crippen LogP contribution in [0, 0.1) is 11.3 Å². The lowest BCUT2D eigenvalue weighted by molar-refractivity contribution is -0.122. The molecule has 0 aliphatic heterocycles. The Labute approximate surface area is 118 Å². The van der Waals surface area contributed by atoms with E-state index in [4.69, 9.17) is 16.9 Å². The van der Waals surface area contributed by atoms with E-state index in [-0.39, 0.29) is 17.2 Å². The number of hydrogen-bond donors (Lipinski definition) is 0. The van der Waals surface area contributed by atoms with Gasteiger partial charge in [-0.1, -0.05) is 30.2 Å². The molecule has 1 unspecified atom stereocenters. The summed E-state index contributed by atoms with van der Waals surface area (Å²) in [5.74, 6) is -0.361. The van der Waals surface area contributed by atoms with Crippen molar-refractivity contribution in [3.8, 4) is 6.07 Å². The van der Waals surface area contributed by atoms with Crippen molar-refractivity contribution < 1.29 is 4.79 Å². The zero-order valence-corrected chi connectivity index (χ0v) is 11.9. The fraction of sp³-hybridized carbons (Fsp3) is 0.467. The molecule has 1 atom stereocenters. The molecule has 0 aromatic heterocycles. The fourth-order valence-corrected chi connectivity index (χ4v) is 3.23. The summed E-state index contributed by atoms with van der Waals surface area (Å²) in [6, 6.07) is 9.06. The van der Waals surface area contributed by atoms with Gasteiger partial charge in [-0.2, -0.15) is 5.26 Å². The predicted octanol–water partition coefficient (Wildman–Crippen LogP) is 2.78. The quantitative estimate of drug-likeness (QED) is 0.795. The minimum absolute atomic E-state index is 0.235. The Kier molecular flexibility index (Phi) is 3.93. The molecule has 0 N–H and O–H groups in total. The van der Waals surface area contributed by atoms with Crippen LogP contribution in [0.4, 0.5) is 0 Å². The second-order valence-corrected chi connectivity index (χ2v) is 5.80. The average molecular weight is 277 g/mol. The van der Waals surface area contributed by atoms with Gasteiger partial charge in [-0.3, -0.25) is 9.69 Å². The molecule has 1 saturated carbocycles. The van der Waals surface area contributed by atoms with Crippen LogP contribution in [0.2, 0.25) is 5.02 Å². The zero-order chi connectivity index (χ0) is 14.0. The molecule has 100 valence electrons. The highest BCUT2D eigenvalue weighted by Gasteiger charge is 2.49. The summed E-state index contributed by atoms with van der Waals surface area (Å²) in [7, 11) is 3.71. The lowest BCUT2D eigenvalue weighted by Gasteiger charge is -2.49. The standard InChI is InChI=1S/C15H17ClN2O/c1-18(2)14(13(19)10-17)15(8-3-9-15)11-4-6-12(16)7-5-11/h4-7,14H,3,8-9H2,1-2H3. The first-order chi connectivity index (χ1) is 9.01. The summed E-state index contributed by atoms with van der Waals surface area (Å²) in [5.41, 5.74) is 0.867. The van der Waals surface area contributed by atoms with E-state index in [1.54, 1.807) is 6.07 Å². The van der Waals surface area contributed by atoms with Gasteiger partial charge in [0, 0.05) is 10.4 Å². The van der Waals surface area contributed by atoms with Gasteiger partial charge in [0.1, 0.15) is 6.07 Å². The molecule has 3 nitrogen and oxygen atoms in total. The fourth-order valence-electron chi connectivity index (χ4n) is 3.10. The van der Waals surface area contributed by atoms with Crippen LogP contribution < -0.4 is 0 Å². The molecule has 0 radical (unpaired) electrons. The minimum Gasteiger partial charge on any atom is -0.298 e. The number of carbonyl (C=O) groups excluding carboxylic acids is 1. The highest BCUT2D eigenvalue weighted by atomic mass is 35.5. The Hall–Kier alpha value is -1.37. The summed E-state index contributed by atoms with van der Waals surface area (Å²) < 4.78 is 0. The van der Waals surface area contributed by atoms with Crippen LogP contribution in [-0.2, 0) is 10.2 Å². The number of ketones is 1. The Morgan fingerprint density at radius 3 is 2.32 bits per heavy atom. The maximum Gasteiger partial charge on any atom is 0.249 e. The molecular formula is C15H17ClN2O. The van der Waals surface area contributed by atoms with Gasteiger partial charge in [0.2, 0.25) is 5.78 Å². The van der Waals surface area contributed by atoms with Crippen LogP contribution in [0.25, 0.3) is 0 Å². The van der Waals surface area contributed by atoms with Gasteiger partial charge in [0.25, 0.3) is 0 Å². The summed E-state index contributed by atoms with van der Waals surface area (Å²) >= 11 is 5.93. The Morgan fingerprint density at radius 2 is 1.95 bits per heavy atom. The molecule has 1 aromatic rings. The molecule has 4 heteroatoms. The number of nitriles is 1. The first-order valence-electron chi connectivity index (χ1n) is 6.38. The number of benzene rings is 1. The van der Waals surface area contributed by atoms with Crippen molar-refractivity contribution in [2.24, 2.45) is 0 Å². The topological polar surface area (TPSA) is 44.1 Å². The summed E-state index contributed by atoms with van der Waals surface area (Å²) in [6.07, 6.45) is 2.96. The Balaban J connectivity index is 2.44. The first kappa shape index (κ1) is 14.0. The highest BCUT2D eigenvalue weighted by Crippen LogP contribution is 2.48. The van der Waals surface area contributed by atoms with Crippen LogP contribution in [0.1, 0.15) is 24.8 Å². The smallest absolute Gasteiger partial charge is 0.249 e. The number of likely N-dealkylation sites (N-methyl/N-ethyl adjacent to an activating group) is 1. The van der Waals surface area contributed by atoms with E-state index in [9.17, 15) is 4.79 Å². The average Bonchev–Trinajstić information content (AvgIpc) is 2.33. The molecule has 0 saturated heterocycles. The maximum atomic E-state index is 12.0. The lowest BCUT2D eigenvalue weighted by Crippen LogP contribution is -2.56. The molecule has 1 fully saturated rings. The van der Waals surface area contributed by atoms with Crippen molar-refractivity contribution >= 4 is 17.4 Å². The maximum absolute atomic E-state index is 12.0. The molecule has 0 spiro atoms. The molecule has 19 heavy (non-hydrogen) atoms. The number of rotatable bonds is 4. The zero-order valence-electron chi connectivity index (χ0n) is 11.2. The largest absolute Gasteiger partial charge is 0.298 e. The van der Waals surface area contributed by atoms with Gasteiger partial charge >= 0.3 is 0 Å². The van der Waals surface area contributed by atoms with Crippen LogP contribution in [0.15, 0.2) is 24.3 Å². The molecule has 0 bridgehead atoms. The Bertz CT molecular complexity index is 512. The van der Waals surface area contributed by atoms with E-state index in [1.165, 1.54) is 0 Å². The highest BCUT2D eigenvalue weighted by molar-refractivity contribution is 6.30. The summed E-state index contributed by atoms with van der Waals surface area (Å²) in [5, 5.41) is 9.67. The first-order valence-corrected chi connectivity index (χ1v) is 6.75. The van der Waals surface area contributed by atoms with Gasteiger partial charge in [0.15, 0.2) is 0 Å². The van der Waals surface area contributed by atoms with Crippen molar-refractivity contribution in [2.45, 2.75) is 30.7 Å². The third-order valence-electron chi connectivity index (χ3n) is 4.06. The predicted molar refractivity (Wildman–Crippen MR) is 75.1 cm³/mol. The van der Waals surface area contributed by atoms with Crippen molar-refractivity contribution in [1.29, 1.82) is 5.26 Å². The number of halogens is 1. The van der Waals surface area contributed by atoms with Crippen LogP contribution in [0.3, 0.4) is 0 Å². The van der Waals surface area contributed by atoms with Crippen molar-refractivity contribution in [3.05, 3.63) is 34.9 Å². The number of carbonyl (C=O) groups is 1. The summed E-state index contributed by atoms with van der Waals surface area (Å²) in [6.45, 7) is 0. The molecule has 0 amide bonds. The molecule has 2 rings (SSSR count). The third kappa shape index (κ3) is 2.39. The van der Waals surface area contributed by atoms with E-state index in [1.807, 2.05) is 43.3 Å². The normalized spacial score (nSPS) is 18.5. The second kappa shape index (κ2) is 5.32. The van der Waals surface area contributed by atoms with Crippen LogP contribution in [0.5, 0.6) is 0 Å². The lowest BCUT2D eigenvalue weighted by atomic mass is 9.59. The van der Waals surface area contributed by atoms with Crippen LogP contribution >= 0.6 is 11.6 Å². The van der Waals surface area contributed by atoms with Gasteiger partial charge < -0.3 is 0 Å². The molecular weight excluding hydrogens is 260 g/mol.